The van der Waals surface area contributed by atoms with E-state index in [-0.39, 0.29) is 27.6 Å². The van der Waals surface area contributed by atoms with Crippen LogP contribution in [0.1, 0.15) is 61.8 Å². The number of rotatable bonds is 3. The molecule has 0 bridgehead atoms. The summed E-state index contributed by atoms with van der Waals surface area (Å²) in [5.74, 6) is 1.43. The van der Waals surface area contributed by atoms with Crippen LogP contribution in [0.2, 0.25) is 18.1 Å². The van der Waals surface area contributed by atoms with Crippen molar-refractivity contribution in [3.63, 3.8) is 0 Å². The van der Waals surface area contributed by atoms with Gasteiger partial charge in [0.1, 0.15) is 5.78 Å². The third-order valence-corrected chi connectivity index (χ3v) is 9.67. The Bertz CT molecular complexity index is 450. The molecule has 1 unspecified atom stereocenters. The largest absolute Gasteiger partial charge is 0.547 e. The van der Waals surface area contributed by atoms with Crippen molar-refractivity contribution < 1.29 is 9.22 Å². The average Bonchev–Trinajstić information content (AvgIpc) is 2.07. The summed E-state index contributed by atoms with van der Waals surface area (Å²) < 4.78 is 6.53. The van der Waals surface area contributed by atoms with Crippen molar-refractivity contribution in [2.24, 2.45) is 16.7 Å². The minimum Gasteiger partial charge on any atom is -0.547 e. The van der Waals surface area contributed by atoms with Gasteiger partial charge in [0, 0.05) is 12.3 Å². The molecule has 2 nitrogen and oxygen atoms in total. The van der Waals surface area contributed by atoms with Crippen molar-refractivity contribution in [1.29, 1.82) is 0 Å². The molecule has 0 fully saturated rings. The van der Waals surface area contributed by atoms with Crippen molar-refractivity contribution in [3.05, 3.63) is 11.8 Å². The van der Waals surface area contributed by atoms with E-state index in [4.69, 9.17) is 4.43 Å². The van der Waals surface area contributed by atoms with Gasteiger partial charge in [-0.15, -0.1) is 0 Å². The third kappa shape index (κ3) is 3.80. The van der Waals surface area contributed by atoms with Gasteiger partial charge in [0.2, 0.25) is 8.32 Å². The van der Waals surface area contributed by atoms with Crippen LogP contribution in [0.5, 0.6) is 0 Å². The molecule has 1 rings (SSSR count). The minimum absolute atomic E-state index is 0.0526. The van der Waals surface area contributed by atoms with Crippen molar-refractivity contribution in [1.82, 2.24) is 0 Å². The lowest BCUT2D eigenvalue weighted by Crippen LogP contribution is -2.46. The maximum atomic E-state index is 12.1. The highest BCUT2D eigenvalue weighted by atomic mass is 28.4. The van der Waals surface area contributed by atoms with Gasteiger partial charge in [-0.25, -0.2) is 0 Å². The van der Waals surface area contributed by atoms with Crippen LogP contribution in [0.3, 0.4) is 0 Å². The maximum Gasteiger partial charge on any atom is 0.250 e. The van der Waals surface area contributed by atoms with Gasteiger partial charge in [0.25, 0.3) is 0 Å². The summed E-state index contributed by atoms with van der Waals surface area (Å²) in [7, 11) is -1.82. The summed E-state index contributed by atoms with van der Waals surface area (Å²) in [6.07, 6.45) is 3.07. The molecule has 1 atom stereocenters. The number of hydrogen-bond acceptors (Lipinski definition) is 2. The summed E-state index contributed by atoms with van der Waals surface area (Å²) >= 11 is 0. The van der Waals surface area contributed by atoms with Gasteiger partial charge in [-0.1, -0.05) is 48.5 Å². The average molecular weight is 311 g/mol. The number of carbonyl (C=O) groups is 1. The number of allylic oxidation sites excluding steroid dienone is 2. The van der Waals surface area contributed by atoms with Gasteiger partial charge in [-0.3, -0.25) is 4.79 Å². The first-order valence-corrected chi connectivity index (χ1v) is 10.9. The number of ketones is 1. The molecule has 122 valence electrons. The molecule has 0 amide bonds. The zero-order valence-electron chi connectivity index (χ0n) is 15.7. The zero-order valence-corrected chi connectivity index (χ0v) is 16.7. The van der Waals surface area contributed by atoms with Crippen LogP contribution in [0.15, 0.2) is 11.8 Å². The van der Waals surface area contributed by atoms with Crippen LogP contribution in [0.25, 0.3) is 0 Å². The van der Waals surface area contributed by atoms with E-state index in [1.165, 1.54) is 0 Å². The fraction of sp³-hybridized carbons (Fsp3) is 0.833. The highest BCUT2D eigenvalue weighted by Crippen LogP contribution is 2.51. The molecule has 0 radical (unpaired) electrons. The monoisotopic (exact) mass is 310 g/mol. The van der Waals surface area contributed by atoms with Crippen molar-refractivity contribution >= 4 is 14.1 Å². The Morgan fingerprint density at radius 3 is 2.05 bits per heavy atom. The highest BCUT2D eigenvalue weighted by Gasteiger charge is 2.48. The fourth-order valence-electron chi connectivity index (χ4n) is 3.73. The van der Waals surface area contributed by atoms with E-state index in [2.05, 4.69) is 67.6 Å². The summed E-state index contributed by atoms with van der Waals surface area (Å²) in [6, 6.07) is 0. The molecule has 0 heterocycles. The second-order valence-corrected chi connectivity index (χ2v) is 14.2. The molecule has 0 saturated heterocycles. The topological polar surface area (TPSA) is 26.3 Å². The summed E-state index contributed by atoms with van der Waals surface area (Å²) in [5, 5.41) is 0.194. The molecule has 0 aromatic carbocycles. The lowest BCUT2D eigenvalue weighted by molar-refractivity contribution is -0.129. The Labute approximate surface area is 132 Å². The molecular weight excluding hydrogens is 276 g/mol. The van der Waals surface area contributed by atoms with Gasteiger partial charge in [0.15, 0.2) is 0 Å². The molecule has 0 spiro atoms. The van der Waals surface area contributed by atoms with E-state index in [0.717, 1.165) is 12.2 Å². The first kappa shape index (κ1) is 18.5. The zero-order chi connectivity index (χ0) is 16.9. The molecule has 0 aromatic rings. The number of carbonyl (C=O) groups excluding carboxylic acids is 1. The van der Waals surface area contributed by atoms with E-state index in [1.54, 1.807) is 6.92 Å². The quantitative estimate of drug-likeness (QED) is 0.638. The van der Waals surface area contributed by atoms with Crippen LogP contribution in [-0.4, -0.2) is 14.1 Å². The van der Waals surface area contributed by atoms with Crippen molar-refractivity contribution in [2.45, 2.75) is 79.9 Å². The third-order valence-electron chi connectivity index (χ3n) is 5.29. The van der Waals surface area contributed by atoms with Crippen LogP contribution >= 0.6 is 0 Å². The molecule has 0 aromatic heterocycles. The minimum atomic E-state index is -1.82. The maximum absolute atomic E-state index is 12.1. The predicted molar refractivity (Wildman–Crippen MR) is 92.7 cm³/mol. The van der Waals surface area contributed by atoms with Gasteiger partial charge in [0.05, 0.1) is 5.76 Å². The highest BCUT2D eigenvalue weighted by molar-refractivity contribution is 6.74. The van der Waals surface area contributed by atoms with E-state index < -0.39 is 8.32 Å². The normalized spacial score (nSPS) is 25.2. The molecule has 0 aliphatic heterocycles. The number of Topliss-reactive ketones (excluding diaryl/α,β-unsaturated/α-hetero) is 1. The van der Waals surface area contributed by atoms with Crippen LogP contribution in [-0.2, 0) is 9.22 Å². The second kappa shape index (κ2) is 5.26. The Kier molecular flexibility index (Phi) is 4.62. The Morgan fingerprint density at radius 2 is 1.71 bits per heavy atom. The van der Waals surface area contributed by atoms with Crippen molar-refractivity contribution in [3.8, 4) is 0 Å². The molecule has 1 aliphatic rings. The molecular formula is C18H34O2Si. The lowest BCUT2D eigenvalue weighted by atomic mass is 9.58. The summed E-state index contributed by atoms with van der Waals surface area (Å²) in [6.45, 7) is 21.8. The van der Waals surface area contributed by atoms with Crippen LogP contribution in [0.4, 0.5) is 0 Å². The molecule has 1 aliphatic carbocycles. The first-order chi connectivity index (χ1) is 9.10. The van der Waals surface area contributed by atoms with E-state index >= 15 is 0 Å². The number of hydrogen-bond donors (Lipinski definition) is 0. The summed E-state index contributed by atoms with van der Waals surface area (Å²) in [5.41, 5.74) is -0.201. The predicted octanol–water partition coefficient (Wildman–Crippen LogP) is 5.55. The SMILES string of the molecule is CC(=O)C1C(C)(C)C=C(O[Si](C)(C)C(C)(C)C)CC1(C)C. The lowest BCUT2D eigenvalue weighted by Gasteiger charge is -2.48. The van der Waals surface area contributed by atoms with Gasteiger partial charge < -0.3 is 4.43 Å². The summed E-state index contributed by atoms with van der Waals surface area (Å²) in [4.78, 5) is 12.1. The Hall–Kier alpha value is -0.573. The molecule has 21 heavy (non-hydrogen) atoms. The fourth-order valence-corrected chi connectivity index (χ4v) is 4.82. The Balaban J connectivity index is 3.16. The van der Waals surface area contributed by atoms with Gasteiger partial charge >= 0.3 is 0 Å². The molecule has 0 N–H and O–H groups in total. The second-order valence-electron chi connectivity index (χ2n) is 9.50. The molecule has 0 saturated carbocycles. The van der Waals surface area contributed by atoms with E-state index in [0.29, 0.717) is 0 Å². The molecule has 3 heteroatoms. The smallest absolute Gasteiger partial charge is 0.250 e. The van der Waals surface area contributed by atoms with Crippen molar-refractivity contribution in [2.75, 3.05) is 0 Å². The van der Waals surface area contributed by atoms with Gasteiger partial charge in [-0.05, 0) is 42.0 Å². The van der Waals surface area contributed by atoms with Crippen LogP contribution in [0, 0.1) is 16.7 Å². The standard InChI is InChI=1S/C18H34O2Si/c1-13(19)15-17(5,6)11-14(12-18(15,7)8)20-21(9,10)16(2,3)4/h11,15H,12H2,1-10H3. The van der Waals surface area contributed by atoms with Gasteiger partial charge in [-0.2, -0.15) is 0 Å². The van der Waals surface area contributed by atoms with Crippen LogP contribution < -0.4 is 0 Å². The van der Waals surface area contributed by atoms with E-state index in [9.17, 15) is 4.79 Å². The Morgan fingerprint density at radius 1 is 1.24 bits per heavy atom. The first-order valence-electron chi connectivity index (χ1n) is 8.01. The van der Waals surface area contributed by atoms with E-state index in [1.807, 2.05) is 0 Å².